The Morgan fingerprint density at radius 1 is 1.15 bits per heavy atom. The van der Waals surface area contributed by atoms with Gasteiger partial charge in [0.25, 0.3) is 0 Å². The van der Waals surface area contributed by atoms with E-state index in [0.717, 1.165) is 23.9 Å². The number of nitrogens with zero attached hydrogens (tertiary/aromatic N) is 1. The van der Waals surface area contributed by atoms with Crippen LogP contribution >= 0.6 is 11.6 Å². The van der Waals surface area contributed by atoms with Crippen molar-refractivity contribution in [2.75, 3.05) is 30.4 Å². The largest absolute Gasteiger partial charge is 0.416 e. The molecule has 0 bridgehead atoms. The van der Waals surface area contributed by atoms with E-state index in [1.54, 1.807) is 0 Å². The summed E-state index contributed by atoms with van der Waals surface area (Å²) in [6, 6.07) is 12.0. The summed E-state index contributed by atoms with van der Waals surface area (Å²) in [6.45, 7) is 1.09. The quantitative estimate of drug-likeness (QED) is 0.687. The Labute approximate surface area is 154 Å². The standard InChI is InChI=1S/C18H19ClF3N3O/c1-25(14-6-3-2-4-7-14)11-5-10-23-17(26)24-16-12-13(18(20,21)22)8-9-15(16)19/h2-4,6-9,12H,5,10-11H2,1H3,(H2,23,24,26). The topological polar surface area (TPSA) is 44.4 Å². The van der Waals surface area contributed by atoms with Crippen molar-refractivity contribution < 1.29 is 18.0 Å². The third-order valence-electron chi connectivity index (χ3n) is 3.69. The molecule has 2 N–H and O–H groups in total. The van der Waals surface area contributed by atoms with E-state index in [2.05, 4.69) is 10.6 Å². The van der Waals surface area contributed by atoms with Crippen molar-refractivity contribution in [3.05, 3.63) is 59.1 Å². The summed E-state index contributed by atoms with van der Waals surface area (Å²) in [7, 11) is 1.94. The van der Waals surface area contributed by atoms with Crippen LogP contribution in [0.25, 0.3) is 0 Å². The first-order valence-electron chi connectivity index (χ1n) is 7.95. The predicted molar refractivity (Wildman–Crippen MR) is 97.8 cm³/mol. The summed E-state index contributed by atoms with van der Waals surface area (Å²) in [5.41, 5.74) is 0.106. The van der Waals surface area contributed by atoms with Crippen molar-refractivity contribution >= 4 is 29.0 Å². The minimum Gasteiger partial charge on any atom is -0.375 e. The van der Waals surface area contributed by atoms with Crippen LogP contribution in [0.4, 0.5) is 29.3 Å². The number of urea groups is 1. The molecule has 2 rings (SSSR count). The van der Waals surface area contributed by atoms with Gasteiger partial charge in [-0.15, -0.1) is 0 Å². The van der Waals surface area contributed by atoms with E-state index < -0.39 is 17.8 Å². The maximum atomic E-state index is 12.7. The summed E-state index contributed by atoms with van der Waals surface area (Å²) in [4.78, 5) is 13.9. The van der Waals surface area contributed by atoms with Gasteiger partial charge in [-0.1, -0.05) is 29.8 Å². The number of nitrogens with one attached hydrogen (secondary N) is 2. The maximum Gasteiger partial charge on any atom is 0.416 e. The Morgan fingerprint density at radius 3 is 2.50 bits per heavy atom. The van der Waals surface area contributed by atoms with Gasteiger partial charge in [0, 0.05) is 25.8 Å². The number of anilines is 2. The molecule has 0 aliphatic carbocycles. The number of para-hydroxylation sites is 1. The van der Waals surface area contributed by atoms with E-state index >= 15 is 0 Å². The van der Waals surface area contributed by atoms with E-state index in [9.17, 15) is 18.0 Å². The molecule has 0 spiro atoms. The van der Waals surface area contributed by atoms with Crippen LogP contribution in [-0.4, -0.2) is 26.2 Å². The highest BCUT2D eigenvalue weighted by atomic mass is 35.5. The molecule has 0 radical (unpaired) electrons. The van der Waals surface area contributed by atoms with E-state index in [1.165, 1.54) is 0 Å². The third-order valence-corrected chi connectivity index (χ3v) is 4.02. The van der Waals surface area contributed by atoms with Gasteiger partial charge < -0.3 is 15.5 Å². The lowest BCUT2D eigenvalue weighted by Crippen LogP contribution is -2.31. The fourth-order valence-corrected chi connectivity index (χ4v) is 2.46. The van der Waals surface area contributed by atoms with Crippen LogP contribution in [0.15, 0.2) is 48.5 Å². The van der Waals surface area contributed by atoms with E-state index in [-0.39, 0.29) is 10.7 Å². The van der Waals surface area contributed by atoms with Crippen LogP contribution in [-0.2, 0) is 6.18 Å². The highest BCUT2D eigenvalue weighted by molar-refractivity contribution is 6.33. The second kappa shape index (κ2) is 8.80. The molecule has 0 atom stereocenters. The van der Waals surface area contributed by atoms with Gasteiger partial charge in [-0.25, -0.2) is 4.79 Å². The van der Waals surface area contributed by atoms with Gasteiger partial charge in [0.05, 0.1) is 16.3 Å². The lowest BCUT2D eigenvalue weighted by molar-refractivity contribution is -0.137. The van der Waals surface area contributed by atoms with Gasteiger partial charge >= 0.3 is 12.2 Å². The zero-order valence-corrected chi connectivity index (χ0v) is 14.9. The number of hydrogen-bond donors (Lipinski definition) is 2. The Balaban J connectivity index is 1.80. The normalized spacial score (nSPS) is 11.1. The van der Waals surface area contributed by atoms with Crippen molar-refractivity contribution in [1.29, 1.82) is 0 Å². The number of halogens is 4. The number of hydrogen-bond acceptors (Lipinski definition) is 2. The molecule has 8 heteroatoms. The molecule has 0 saturated carbocycles. The van der Waals surface area contributed by atoms with E-state index in [4.69, 9.17) is 11.6 Å². The molecule has 0 aliphatic heterocycles. The lowest BCUT2D eigenvalue weighted by atomic mass is 10.2. The van der Waals surface area contributed by atoms with Gasteiger partial charge in [0.1, 0.15) is 0 Å². The molecule has 0 heterocycles. The highest BCUT2D eigenvalue weighted by Gasteiger charge is 2.31. The molecule has 0 aliphatic rings. The molecular weight excluding hydrogens is 367 g/mol. The van der Waals surface area contributed by atoms with Crippen LogP contribution in [0.3, 0.4) is 0 Å². The minimum absolute atomic E-state index is 0.0389. The fourth-order valence-electron chi connectivity index (χ4n) is 2.29. The zero-order valence-electron chi connectivity index (χ0n) is 14.1. The Hall–Kier alpha value is -2.41. The third kappa shape index (κ3) is 5.84. The Kier molecular flexibility index (Phi) is 6.74. The van der Waals surface area contributed by atoms with Crippen molar-refractivity contribution in [2.24, 2.45) is 0 Å². The molecule has 2 aromatic rings. The number of amides is 2. The molecule has 0 unspecified atom stereocenters. The molecule has 26 heavy (non-hydrogen) atoms. The second-order valence-electron chi connectivity index (χ2n) is 5.68. The van der Waals surface area contributed by atoms with Crippen LogP contribution < -0.4 is 15.5 Å². The monoisotopic (exact) mass is 385 g/mol. The maximum absolute atomic E-state index is 12.7. The Bertz CT molecular complexity index is 738. The summed E-state index contributed by atoms with van der Waals surface area (Å²) < 4.78 is 38.2. The van der Waals surface area contributed by atoms with Crippen molar-refractivity contribution in [2.45, 2.75) is 12.6 Å². The molecule has 0 saturated heterocycles. The van der Waals surface area contributed by atoms with Crippen molar-refractivity contribution in [3.63, 3.8) is 0 Å². The van der Waals surface area contributed by atoms with Crippen molar-refractivity contribution in [3.8, 4) is 0 Å². The van der Waals surface area contributed by atoms with Crippen LogP contribution in [0.1, 0.15) is 12.0 Å². The first-order valence-corrected chi connectivity index (χ1v) is 8.33. The molecular formula is C18H19ClF3N3O. The molecule has 2 aromatic carbocycles. The van der Waals surface area contributed by atoms with Gasteiger partial charge in [-0.3, -0.25) is 0 Å². The van der Waals surface area contributed by atoms with Gasteiger partial charge in [0.2, 0.25) is 0 Å². The molecule has 2 amide bonds. The molecule has 140 valence electrons. The SMILES string of the molecule is CN(CCCNC(=O)Nc1cc(C(F)(F)F)ccc1Cl)c1ccccc1. The zero-order chi connectivity index (χ0) is 19.2. The van der Waals surface area contributed by atoms with E-state index in [1.807, 2.05) is 42.3 Å². The molecule has 0 aromatic heterocycles. The summed E-state index contributed by atoms with van der Waals surface area (Å²) >= 11 is 5.84. The Morgan fingerprint density at radius 2 is 1.85 bits per heavy atom. The number of carbonyl (C=O) groups excluding carboxylic acids is 1. The predicted octanol–water partition coefficient (Wildman–Crippen LogP) is 5.01. The number of benzene rings is 2. The first kappa shape index (κ1) is 19.9. The number of carbonyl (C=O) groups is 1. The average Bonchev–Trinajstić information content (AvgIpc) is 2.60. The summed E-state index contributed by atoms with van der Waals surface area (Å²) in [5, 5.41) is 4.99. The second-order valence-corrected chi connectivity index (χ2v) is 6.09. The first-order chi connectivity index (χ1) is 12.3. The van der Waals surface area contributed by atoms with Gasteiger partial charge in [-0.2, -0.15) is 13.2 Å². The van der Waals surface area contributed by atoms with E-state index in [0.29, 0.717) is 19.5 Å². The highest BCUT2D eigenvalue weighted by Crippen LogP contribution is 2.33. The van der Waals surface area contributed by atoms with Crippen LogP contribution in [0.2, 0.25) is 5.02 Å². The summed E-state index contributed by atoms with van der Waals surface area (Å²) in [5.74, 6) is 0. The summed E-state index contributed by atoms with van der Waals surface area (Å²) in [6.07, 6.45) is -3.82. The average molecular weight is 386 g/mol. The van der Waals surface area contributed by atoms with Crippen LogP contribution in [0, 0.1) is 0 Å². The fraction of sp³-hybridized carbons (Fsp3) is 0.278. The smallest absolute Gasteiger partial charge is 0.375 e. The minimum atomic E-state index is -4.50. The van der Waals surface area contributed by atoms with Crippen LogP contribution in [0.5, 0.6) is 0 Å². The number of alkyl halides is 3. The molecule has 4 nitrogen and oxygen atoms in total. The number of rotatable bonds is 6. The molecule has 0 fully saturated rings. The van der Waals surface area contributed by atoms with Crippen molar-refractivity contribution in [1.82, 2.24) is 5.32 Å². The van der Waals surface area contributed by atoms with Gasteiger partial charge in [0.15, 0.2) is 0 Å². The lowest BCUT2D eigenvalue weighted by Gasteiger charge is -2.19. The van der Waals surface area contributed by atoms with Gasteiger partial charge in [-0.05, 0) is 36.8 Å².